The standard InChI is InChI=1S/C15H29N3/c1-12-4-7-18(11-13(12)10-16)15-5-8-17-6-2-3-14(17)9-15/h12-15H,2-11,16H2,1H3. The molecule has 0 saturated carbocycles. The quantitative estimate of drug-likeness (QED) is 0.808. The van der Waals surface area contributed by atoms with Crippen molar-refractivity contribution in [1.82, 2.24) is 9.80 Å². The molecule has 0 aromatic heterocycles. The summed E-state index contributed by atoms with van der Waals surface area (Å²) >= 11 is 0. The van der Waals surface area contributed by atoms with Crippen molar-refractivity contribution < 1.29 is 0 Å². The number of nitrogens with two attached hydrogens (primary N) is 1. The molecule has 0 spiro atoms. The molecule has 0 radical (unpaired) electrons. The van der Waals surface area contributed by atoms with Gasteiger partial charge >= 0.3 is 0 Å². The van der Waals surface area contributed by atoms with Gasteiger partial charge in [0.05, 0.1) is 0 Å². The topological polar surface area (TPSA) is 32.5 Å². The van der Waals surface area contributed by atoms with Crippen LogP contribution in [0.4, 0.5) is 0 Å². The first kappa shape index (κ1) is 12.9. The van der Waals surface area contributed by atoms with Gasteiger partial charge in [-0.15, -0.1) is 0 Å². The van der Waals surface area contributed by atoms with Crippen molar-refractivity contribution in [2.75, 3.05) is 32.7 Å². The molecule has 4 unspecified atom stereocenters. The molecule has 3 aliphatic rings. The fourth-order valence-electron chi connectivity index (χ4n) is 4.35. The number of nitrogens with zero attached hydrogens (tertiary/aromatic N) is 2. The summed E-state index contributed by atoms with van der Waals surface area (Å²) < 4.78 is 0. The van der Waals surface area contributed by atoms with Gasteiger partial charge in [0.25, 0.3) is 0 Å². The zero-order valence-corrected chi connectivity index (χ0v) is 11.9. The van der Waals surface area contributed by atoms with E-state index in [-0.39, 0.29) is 0 Å². The van der Waals surface area contributed by atoms with E-state index in [4.69, 9.17) is 5.73 Å². The van der Waals surface area contributed by atoms with Gasteiger partial charge in [-0.3, -0.25) is 4.90 Å². The Bertz CT molecular complexity index is 277. The van der Waals surface area contributed by atoms with Crippen molar-refractivity contribution in [2.45, 2.75) is 51.1 Å². The third-order valence-corrected chi connectivity index (χ3v) is 5.76. The van der Waals surface area contributed by atoms with Gasteiger partial charge in [0.1, 0.15) is 0 Å². The fraction of sp³-hybridized carbons (Fsp3) is 1.00. The number of hydrogen-bond donors (Lipinski definition) is 1. The molecule has 0 aromatic rings. The molecule has 0 aliphatic carbocycles. The van der Waals surface area contributed by atoms with Crippen LogP contribution in [-0.2, 0) is 0 Å². The molecule has 3 heterocycles. The van der Waals surface area contributed by atoms with Crippen LogP contribution in [0.3, 0.4) is 0 Å². The van der Waals surface area contributed by atoms with Crippen LogP contribution in [0.1, 0.15) is 39.0 Å². The average molecular weight is 251 g/mol. The first-order valence-electron chi connectivity index (χ1n) is 7.96. The van der Waals surface area contributed by atoms with Gasteiger partial charge in [0, 0.05) is 18.6 Å². The molecule has 104 valence electrons. The summed E-state index contributed by atoms with van der Waals surface area (Å²) in [4.78, 5) is 5.50. The van der Waals surface area contributed by atoms with Crippen LogP contribution in [0.25, 0.3) is 0 Å². The predicted molar refractivity (Wildman–Crippen MR) is 75.5 cm³/mol. The Hall–Kier alpha value is -0.120. The molecule has 3 rings (SSSR count). The maximum atomic E-state index is 5.94. The second-order valence-corrected chi connectivity index (χ2v) is 6.77. The van der Waals surface area contributed by atoms with Gasteiger partial charge in [0.15, 0.2) is 0 Å². The van der Waals surface area contributed by atoms with Crippen LogP contribution < -0.4 is 5.73 Å². The number of hydrogen-bond acceptors (Lipinski definition) is 3. The molecule has 18 heavy (non-hydrogen) atoms. The number of piperidine rings is 2. The molecule has 2 N–H and O–H groups in total. The minimum atomic E-state index is 0.736. The Labute approximate surface area is 112 Å². The van der Waals surface area contributed by atoms with E-state index in [1.807, 2.05) is 0 Å². The third kappa shape index (κ3) is 2.45. The van der Waals surface area contributed by atoms with E-state index in [0.29, 0.717) is 0 Å². The van der Waals surface area contributed by atoms with E-state index < -0.39 is 0 Å². The van der Waals surface area contributed by atoms with Crippen molar-refractivity contribution >= 4 is 0 Å². The lowest BCUT2D eigenvalue weighted by atomic mass is 9.85. The lowest BCUT2D eigenvalue weighted by Crippen LogP contribution is -2.52. The monoisotopic (exact) mass is 251 g/mol. The summed E-state index contributed by atoms with van der Waals surface area (Å²) in [5.41, 5.74) is 5.94. The zero-order valence-electron chi connectivity index (χ0n) is 11.9. The summed E-state index contributed by atoms with van der Waals surface area (Å²) in [6, 6.07) is 1.75. The molecule has 3 saturated heterocycles. The average Bonchev–Trinajstić information content (AvgIpc) is 2.86. The van der Waals surface area contributed by atoms with E-state index in [1.54, 1.807) is 0 Å². The lowest BCUT2D eigenvalue weighted by molar-refractivity contribution is 0.0414. The molecule has 0 aromatic carbocycles. The molecule has 0 amide bonds. The van der Waals surface area contributed by atoms with Gasteiger partial charge in [0.2, 0.25) is 0 Å². The molecule has 3 nitrogen and oxygen atoms in total. The van der Waals surface area contributed by atoms with E-state index in [2.05, 4.69) is 16.7 Å². The normalized spacial score (nSPS) is 43.0. The number of likely N-dealkylation sites (tertiary alicyclic amines) is 1. The van der Waals surface area contributed by atoms with Crippen LogP contribution in [0, 0.1) is 11.8 Å². The Morgan fingerprint density at radius 2 is 1.78 bits per heavy atom. The minimum absolute atomic E-state index is 0.736. The SMILES string of the molecule is CC1CCN(C2CCN3CCCC3C2)CC1CN. The van der Waals surface area contributed by atoms with E-state index >= 15 is 0 Å². The number of fused-ring (bicyclic) bond motifs is 1. The molecule has 3 heteroatoms. The van der Waals surface area contributed by atoms with Gasteiger partial charge in [-0.1, -0.05) is 6.92 Å². The zero-order chi connectivity index (χ0) is 12.5. The number of rotatable bonds is 2. The van der Waals surface area contributed by atoms with Crippen molar-refractivity contribution in [1.29, 1.82) is 0 Å². The summed E-state index contributed by atoms with van der Waals surface area (Å²) in [6.45, 7) is 8.53. The maximum Gasteiger partial charge on any atom is 0.0122 e. The van der Waals surface area contributed by atoms with Crippen LogP contribution in [0.2, 0.25) is 0 Å². The van der Waals surface area contributed by atoms with Crippen molar-refractivity contribution in [3.63, 3.8) is 0 Å². The highest BCUT2D eigenvalue weighted by Crippen LogP contribution is 2.32. The Morgan fingerprint density at radius 1 is 1.00 bits per heavy atom. The summed E-state index contributed by atoms with van der Waals surface area (Å²) in [6.07, 6.45) is 7.04. The first-order valence-corrected chi connectivity index (χ1v) is 7.96. The maximum absolute atomic E-state index is 5.94. The minimum Gasteiger partial charge on any atom is -0.330 e. The first-order chi connectivity index (χ1) is 8.78. The summed E-state index contributed by atoms with van der Waals surface area (Å²) in [5.74, 6) is 1.57. The largest absolute Gasteiger partial charge is 0.330 e. The van der Waals surface area contributed by atoms with E-state index in [9.17, 15) is 0 Å². The van der Waals surface area contributed by atoms with Crippen LogP contribution in [0.5, 0.6) is 0 Å². The van der Waals surface area contributed by atoms with Crippen molar-refractivity contribution in [3.8, 4) is 0 Å². The van der Waals surface area contributed by atoms with Gasteiger partial charge < -0.3 is 10.6 Å². The fourth-order valence-corrected chi connectivity index (χ4v) is 4.35. The molecule has 3 fully saturated rings. The predicted octanol–water partition coefficient (Wildman–Crippen LogP) is 1.53. The molecule has 3 aliphatic heterocycles. The molecular weight excluding hydrogens is 222 g/mol. The van der Waals surface area contributed by atoms with E-state index in [0.717, 1.165) is 30.5 Å². The van der Waals surface area contributed by atoms with Gasteiger partial charge in [-0.25, -0.2) is 0 Å². The molecule has 0 bridgehead atoms. The van der Waals surface area contributed by atoms with Crippen LogP contribution in [-0.4, -0.2) is 54.6 Å². The van der Waals surface area contributed by atoms with Crippen LogP contribution in [0.15, 0.2) is 0 Å². The van der Waals surface area contributed by atoms with E-state index in [1.165, 1.54) is 58.3 Å². The second kappa shape index (κ2) is 5.48. The Morgan fingerprint density at radius 3 is 2.61 bits per heavy atom. The molecular formula is C15H29N3. The molecule has 4 atom stereocenters. The van der Waals surface area contributed by atoms with Crippen LogP contribution >= 0.6 is 0 Å². The van der Waals surface area contributed by atoms with Crippen molar-refractivity contribution in [3.05, 3.63) is 0 Å². The Balaban J connectivity index is 1.58. The summed E-state index contributed by atoms with van der Waals surface area (Å²) in [5, 5.41) is 0. The van der Waals surface area contributed by atoms with Gasteiger partial charge in [-0.2, -0.15) is 0 Å². The highest BCUT2D eigenvalue weighted by Gasteiger charge is 2.36. The van der Waals surface area contributed by atoms with Gasteiger partial charge in [-0.05, 0) is 70.1 Å². The highest BCUT2D eigenvalue weighted by atomic mass is 15.2. The smallest absolute Gasteiger partial charge is 0.0122 e. The summed E-state index contributed by atoms with van der Waals surface area (Å²) in [7, 11) is 0. The Kier molecular flexibility index (Phi) is 3.92. The lowest BCUT2D eigenvalue weighted by Gasteiger charge is -2.45. The highest BCUT2D eigenvalue weighted by molar-refractivity contribution is 4.92. The van der Waals surface area contributed by atoms with Crippen molar-refractivity contribution in [2.24, 2.45) is 17.6 Å². The second-order valence-electron chi connectivity index (χ2n) is 6.77. The third-order valence-electron chi connectivity index (χ3n) is 5.76.